The van der Waals surface area contributed by atoms with Gasteiger partial charge in [0.1, 0.15) is 23.8 Å². The van der Waals surface area contributed by atoms with E-state index in [1.807, 2.05) is 40.6 Å². The number of likely N-dealkylation sites (tertiary alicyclic amines) is 1. The van der Waals surface area contributed by atoms with Crippen molar-refractivity contribution in [1.29, 1.82) is 0 Å². The normalized spacial score (nSPS) is 14.1. The predicted octanol–water partition coefficient (Wildman–Crippen LogP) is 7.13. The number of rotatable bonds is 6. The molecular weight excluding hydrogens is 554 g/mol. The highest BCUT2D eigenvalue weighted by Gasteiger charge is 2.30. The number of carbonyl (C=O) groups is 1. The molecule has 210 valence electrons. The Hall–Kier alpha value is -4.70. The minimum atomic E-state index is -0.347. The molecule has 42 heavy (non-hydrogen) atoms. The molecule has 1 aliphatic heterocycles. The van der Waals surface area contributed by atoms with Crippen LogP contribution >= 0.6 is 11.3 Å². The Morgan fingerprint density at radius 1 is 0.952 bits per heavy atom. The van der Waals surface area contributed by atoms with E-state index in [4.69, 9.17) is 4.98 Å². The van der Waals surface area contributed by atoms with Gasteiger partial charge in [-0.15, -0.1) is 11.3 Å². The summed E-state index contributed by atoms with van der Waals surface area (Å²) in [7, 11) is 0. The fraction of sp³-hybridized carbons (Fsp3) is 0.188. The molecule has 0 saturated carbocycles. The van der Waals surface area contributed by atoms with Gasteiger partial charge in [-0.05, 0) is 60.9 Å². The van der Waals surface area contributed by atoms with Gasteiger partial charge in [0.15, 0.2) is 5.82 Å². The lowest BCUT2D eigenvalue weighted by molar-refractivity contribution is 0.0712. The molecule has 10 heteroatoms. The summed E-state index contributed by atoms with van der Waals surface area (Å²) in [4.78, 5) is 29.3. The topological polar surface area (TPSA) is 75.9 Å². The number of hydrogen-bond donors (Lipinski definition) is 1. The van der Waals surface area contributed by atoms with E-state index in [-0.39, 0.29) is 23.5 Å². The molecule has 0 radical (unpaired) electrons. The van der Waals surface area contributed by atoms with E-state index in [0.29, 0.717) is 42.2 Å². The first-order chi connectivity index (χ1) is 20.5. The molecule has 0 spiro atoms. The lowest BCUT2D eigenvalue weighted by atomic mass is 9.95. The number of amides is 1. The number of piperidine rings is 1. The lowest BCUT2D eigenvalue weighted by Crippen LogP contribution is -2.38. The van der Waals surface area contributed by atoms with Crippen LogP contribution in [0.25, 0.3) is 21.3 Å². The monoisotopic (exact) mass is 580 g/mol. The SMILES string of the molecule is O=C(c1csc2c(Nc3cccc(F)c3)ncnc12)N1CCC(c2nc3ccccc3n2Cc2cccc(F)c2)CC1. The fourth-order valence-corrected chi connectivity index (χ4v) is 6.63. The number of thiophene rings is 1. The van der Waals surface area contributed by atoms with E-state index in [9.17, 15) is 13.6 Å². The summed E-state index contributed by atoms with van der Waals surface area (Å²) >= 11 is 1.39. The van der Waals surface area contributed by atoms with Gasteiger partial charge < -0.3 is 14.8 Å². The summed E-state index contributed by atoms with van der Waals surface area (Å²) in [6, 6.07) is 20.8. The van der Waals surface area contributed by atoms with Crippen molar-refractivity contribution in [2.45, 2.75) is 25.3 Å². The van der Waals surface area contributed by atoms with Crippen molar-refractivity contribution in [3.8, 4) is 0 Å². The zero-order valence-corrected chi connectivity index (χ0v) is 23.3. The number of nitrogens with one attached hydrogen (secondary N) is 1. The second-order valence-corrected chi connectivity index (χ2v) is 11.3. The summed E-state index contributed by atoms with van der Waals surface area (Å²) in [5, 5.41) is 4.97. The molecule has 1 aliphatic rings. The van der Waals surface area contributed by atoms with E-state index in [1.165, 1.54) is 35.9 Å². The number of halogens is 2. The van der Waals surface area contributed by atoms with E-state index in [1.54, 1.807) is 24.3 Å². The third-order valence-corrected chi connectivity index (χ3v) is 8.71. The van der Waals surface area contributed by atoms with Crippen molar-refractivity contribution in [2.24, 2.45) is 0 Å². The van der Waals surface area contributed by atoms with Crippen LogP contribution in [0.4, 0.5) is 20.3 Å². The molecule has 3 aromatic carbocycles. The Morgan fingerprint density at radius 2 is 1.74 bits per heavy atom. The number of nitrogens with zero attached hydrogens (tertiary/aromatic N) is 5. The van der Waals surface area contributed by atoms with Crippen molar-refractivity contribution >= 4 is 50.0 Å². The van der Waals surface area contributed by atoms with Gasteiger partial charge in [-0.2, -0.15) is 0 Å². The van der Waals surface area contributed by atoms with Crippen LogP contribution in [0.3, 0.4) is 0 Å². The minimum absolute atomic E-state index is 0.0663. The molecule has 7 nitrogen and oxygen atoms in total. The van der Waals surface area contributed by atoms with E-state index >= 15 is 0 Å². The Labute approximate surface area is 244 Å². The number of anilines is 2. The van der Waals surface area contributed by atoms with Gasteiger partial charge >= 0.3 is 0 Å². The van der Waals surface area contributed by atoms with Crippen molar-refractivity contribution in [3.05, 3.63) is 113 Å². The predicted molar refractivity (Wildman–Crippen MR) is 160 cm³/mol. The molecular formula is C32H26F2N6OS. The number of imidazole rings is 1. The Morgan fingerprint density at radius 3 is 2.55 bits per heavy atom. The summed E-state index contributed by atoms with van der Waals surface area (Å²) in [6.45, 7) is 1.70. The average molecular weight is 581 g/mol. The maximum atomic E-state index is 13.9. The molecule has 1 fully saturated rings. The molecule has 0 atom stereocenters. The molecule has 3 aromatic heterocycles. The third-order valence-electron chi connectivity index (χ3n) is 7.73. The van der Waals surface area contributed by atoms with E-state index in [2.05, 4.69) is 19.9 Å². The largest absolute Gasteiger partial charge is 0.339 e. The van der Waals surface area contributed by atoms with Crippen LogP contribution in [-0.2, 0) is 6.54 Å². The highest BCUT2D eigenvalue weighted by atomic mass is 32.1. The van der Waals surface area contributed by atoms with Gasteiger partial charge in [0.2, 0.25) is 0 Å². The Kier molecular flexibility index (Phi) is 6.83. The van der Waals surface area contributed by atoms with Crippen LogP contribution < -0.4 is 5.32 Å². The number of fused-ring (bicyclic) bond motifs is 2. The molecule has 4 heterocycles. The number of hydrogen-bond acceptors (Lipinski definition) is 6. The first-order valence-corrected chi connectivity index (χ1v) is 14.6. The molecule has 1 N–H and O–H groups in total. The second kappa shape index (κ2) is 10.9. The van der Waals surface area contributed by atoms with Gasteiger partial charge in [0, 0.05) is 36.6 Å². The van der Waals surface area contributed by atoms with Gasteiger partial charge in [0.05, 0.1) is 26.8 Å². The maximum absolute atomic E-state index is 13.9. The number of aromatic nitrogens is 4. The summed E-state index contributed by atoms with van der Waals surface area (Å²) in [5.41, 5.74) is 4.50. The minimum Gasteiger partial charge on any atom is -0.339 e. The van der Waals surface area contributed by atoms with Crippen molar-refractivity contribution in [3.63, 3.8) is 0 Å². The molecule has 7 rings (SSSR count). The Balaban J connectivity index is 1.10. The molecule has 1 amide bonds. The average Bonchev–Trinajstić information content (AvgIpc) is 3.60. The van der Waals surface area contributed by atoms with Crippen LogP contribution in [0, 0.1) is 11.6 Å². The van der Waals surface area contributed by atoms with E-state index in [0.717, 1.165) is 40.0 Å². The van der Waals surface area contributed by atoms with Crippen LogP contribution in [0.2, 0.25) is 0 Å². The van der Waals surface area contributed by atoms with Crippen LogP contribution in [-0.4, -0.2) is 43.4 Å². The van der Waals surface area contributed by atoms with E-state index < -0.39 is 0 Å². The fourth-order valence-electron chi connectivity index (χ4n) is 5.70. The molecule has 1 saturated heterocycles. The highest BCUT2D eigenvalue weighted by molar-refractivity contribution is 7.18. The van der Waals surface area contributed by atoms with Crippen LogP contribution in [0.15, 0.2) is 84.5 Å². The standard InChI is InChI=1S/C32H26F2N6OS/c33-22-6-3-5-20(15-22)17-40-27-10-2-1-9-26(27)38-31(40)21-11-13-39(14-12-21)32(41)25-18-42-29-28(25)35-19-36-30(29)37-24-8-4-7-23(34)16-24/h1-10,15-16,18-19,21H,11-14,17H2,(H,35,36,37). The molecule has 0 aliphatic carbocycles. The second-order valence-electron chi connectivity index (χ2n) is 10.4. The van der Waals surface area contributed by atoms with Gasteiger partial charge in [0.25, 0.3) is 5.91 Å². The smallest absolute Gasteiger partial charge is 0.256 e. The number of benzene rings is 3. The van der Waals surface area contributed by atoms with Gasteiger partial charge in [-0.3, -0.25) is 4.79 Å². The summed E-state index contributed by atoms with van der Waals surface area (Å²) in [6.07, 6.45) is 2.95. The lowest BCUT2D eigenvalue weighted by Gasteiger charge is -2.32. The molecule has 6 aromatic rings. The Bertz CT molecular complexity index is 1930. The van der Waals surface area contributed by atoms with Crippen LogP contribution in [0.5, 0.6) is 0 Å². The van der Waals surface area contributed by atoms with Crippen molar-refractivity contribution < 1.29 is 13.6 Å². The van der Waals surface area contributed by atoms with Gasteiger partial charge in [-0.1, -0.05) is 30.3 Å². The third kappa shape index (κ3) is 4.98. The quantitative estimate of drug-likeness (QED) is 0.227. The summed E-state index contributed by atoms with van der Waals surface area (Å²) in [5.74, 6) is 0.996. The first-order valence-electron chi connectivity index (χ1n) is 13.8. The zero-order chi connectivity index (χ0) is 28.6. The highest BCUT2D eigenvalue weighted by Crippen LogP contribution is 2.35. The molecule has 0 bridgehead atoms. The summed E-state index contributed by atoms with van der Waals surface area (Å²) < 4.78 is 30.6. The number of para-hydroxylation sites is 2. The van der Waals surface area contributed by atoms with Crippen LogP contribution in [0.1, 0.15) is 40.5 Å². The maximum Gasteiger partial charge on any atom is 0.256 e. The first kappa shape index (κ1) is 26.2. The van der Waals surface area contributed by atoms with Crippen molar-refractivity contribution in [2.75, 3.05) is 18.4 Å². The zero-order valence-electron chi connectivity index (χ0n) is 22.5. The van der Waals surface area contributed by atoms with Crippen molar-refractivity contribution in [1.82, 2.24) is 24.4 Å². The molecule has 0 unspecified atom stereocenters. The number of carbonyl (C=O) groups excluding carboxylic acids is 1. The van der Waals surface area contributed by atoms with Gasteiger partial charge in [-0.25, -0.2) is 23.7 Å².